The Labute approximate surface area is 68.7 Å². The van der Waals surface area contributed by atoms with Gasteiger partial charge in [-0.15, -0.1) is 0 Å². The average Bonchev–Trinajstić information content (AvgIpc) is 1.88. The molecule has 0 saturated carbocycles. The molecule has 0 nitrogen and oxygen atoms in total. The van der Waals surface area contributed by atoms with Crippen molar-refractivity contribution < 1.29 is 0 Å². The molecule has 0 fully saturated rings. The van der Waals surface area contributed by atoms with Crippen LogP contribution < -0.4 is 0 Å². The smallest absolute Gasteiger partial charge is 0.0366 e. The first-order chi connectivity index (χ1) is 4.33. The highest BCUT2D eigenvalue weighted by atomic mass is 79.9. The summed E-state index contributed by atoms with van der Waals surface area (Å²) in [5.74, 6) is 0. The van der Waals surface area contributed by atoms with Gasteiger partial charge in [-0.3, -0.25) is 0 Å². The zero-order valence-corrected chi connectivity index (χ0v) is 7.37. The first-order valence-electron chi connectivity index (χ1n) is 2.94. The van der Waals surface area contributed by atoms with Crippen LogP contribution in [0.15, 0.2) is 22.8 Å². The maximum Gasteiger partial charge on any atom is 0.0366 e. The van der Waals surface area contributed by atoms with Gasteiger partial charge in [-0.25, -0.2) is 0 Å². The van der Waals surface area contributed by atoms with Crippen molar-refractivity contribution in [1.29, 1.82) is 0 Å². The van der Waals surface area contributed by atoms with Gasteiger partial charge in [0.2, 0.25) is 0 Å². The van der Waals surface area contributed by atoms with Crippen molar-refractivity contribution in [3.05, 3.63) is 22.8 Å². The molecule has 0 aromatic carbocycles. The second kappa shape index (κ2) is 3.43. The molecule has 0 atom stereocenters. The zero-order valence-electron chi connectivity index (χ0n) is 5.03. The average molecular weight is 207 g/mol. The van der Waals surface area contributed by atoms with E-state index in [9.17, 15) is 0 Å². The van der Waals surface area contributed by atoms with Crippen molar-refractivity contribution in [1.82, 2.24) is 0 Å². The van der Waals surface area contributed by atoms with Gasteiger partial charge >= 0.3 is 0 Å². The molecule has 0 radical (unpaired) electrons. The van der Waals surface area contributed by atoms with E-state index in [0.29, 0.717) is 0 Å². The molecule has 1 aliphatic carbocycles. The summed E-state index contributed by atoms with van der Waals surface area (Å²) in [5, 5.41) is 1.84. The number of rotatable bonds is 1. The number of hydrogen-bond acceptors (Lipinski definition) is 0. The van der Waals surface area contributed by atoms with E-state index in [-0.39, 0.29) is 0 Å². The van der Waals surface area contributed by atoms with Crippen molar-refractivity contribution in [2.75, 3.05) is 5.33 Å². The molecule has 2 heteroatoms. The van der Waals surface area contributed by atoms with E-state index < -0.39 is 0 Å². The van der Waals surface area contributed by atoms with Crippen molar-refractivity contribution in [2.24, 2.45) is 0 Å². The van der Waals surface area contributed by atoms with Crippen molar-refractivity contribution in [3.8, 4) is 0 Å². The van der Waals surface area contributed by atoms with E-state index in [0.717, 1.165) is 23.2 Å². The Morgan fingerprint density at radius 3 is 2.89 bits per heavy atom. The van der Waals surface area contributed by atoms with Crippen LogP contribution in [0, 0.1) is 0 Å². The minimum absolute atomic E-state index is 0.885. The zero-order chi connectivity index (χ0) is 6.69. The van der Waals surface area contributed by atoms with E-state index in [1.54, 1.807) is 0 Å². The fourth-order valence-electron chi connectivity index (χ4n) is 0.827. The lowest BCUT2D eigenvalue weighted by molar-refractivity contribution is 0.964. The van der Waals surface area contributed by atoms with Crippen LogP contribution in [0.5, 0.6) is 0 Å². The maximum atomic E-state index is 5.75. The Morgan fingerprint density at radius 2 is 2.44 bits per heavy atom. The van der Waals surface area contributed by atoms with Crippen LogP contribution in [0.1, 0.15) is 12.8 Å². The first-order valence-corrected chi connectivity index (χ1v) is 4.44. The topological polar surface area (TPSA) is 0 Å². The van der Waals surface area contributed by atoms with Gasteiger partial charge < -0.3 is 0 Å². The Balaban J connectivity index is 2.63. The SMILES string of the molecule is ClC1=CCCC(CBr)=C1. The minimum atomic E-state index is 0.885. The number of alkyl halides is 1. The van der Waals surface area contributed by atoms with Crippen LogP contribution >= 0.6 is 27.5 Å². The lowest BCUT2D eigenvalue weighted by Crippen LogP contribution is -1.89. The number of halogens is 2. The van der Waals surface area contributed by atoms with Gasteiger partial charge in [-0.1, -0.05) is 39.2 Å². The predicted molar refractivity (Wildman–Crippen MR) is 45.0 cm³/mol. The van der Waals surface area contributed by atoms with E-state index in [4.69, 9.17) is 11.6 Å². The second-order valence-corrected chi connectivity index (χ2v) is 3.06. The summed E-state index contributed by atoms with van der Waals surface area (Å²) in [5.41, 5.74) is 1.39. The van der Waals surface area contributed by atoms with Crippen molar-refractivity contribution in [3.63, 3.8) is 0 Å². The standard InChI is InChI=1S/C7H8BrCl/c8-5-6-2-1-3-7(9)4-6/h3-4H,1-2,5H2. The monoisotopic (exact) mass is 206 g/mol. The quantitative estimate of drug-likeness (QED) is 0.579. The summed E-state index contributed by atoms with van der Waals surface area (Å²) < 4.78 is 0. The molecule has 0 aliphatic heterocycles. The predicted octanol–water partition coefficient (Wildman–Crippen LogP) is 3.22. The highest BCUT2D eigenvalue weighted by molar-refractivity contribution is 9.09. The molecule has 0 amide bonds. The first kappa shape index (κ1) is 7.36. The van der Waals surface area contributed by atoms with Gasteiger partial charge in [-0.05, 0) is 18.9 Å². The fourth-order valence-corrected chi connectivity index (χ4v) is 1.53. The van der Waals surface area contributed by atoms with Crippen LogP contribution in [0.25, 0.3) is 0 Å². The molecule has 9 heavy (non-hydrogen) atoms. The fraction of sp³-hybridized carbons (Fsp3) is 0.429. The second-order valence-electron chi connectivity index (χ2n) is 2.06. The van der Waals surface area contributed by atoms with Crippen LogP contribution in [-0.4, -0.2) is 5.33 Å². The van der Waals surface area contributed by atoms with Crippen molar-refractivity contribution >= 4 is 27.5 Å². The third-order valence-electron chi connectivity index (χ3n) is 1.32. The molecule has 50 valence electrons. The van der Waals surface area contributed by atoms with Crippen LogP contribution in [0.3, 0.4) is 0 Å². The molecule has 1 aliphatic rings. The molecule has 0 aromatic heterocycles. The minimum Gasteiger partial charge on any atom is -0.0880 e. The molecule has 0 N–H and O–H groups in total. The van der Waals surface area contributed by atoms with Crippen LogP contribution in [-0.2, 0) is 0 Å². The normalized spacial score (nSPS) is 18.9. The molecule has 0 spiro atoms. The maximum absolute atomic E-state index is 5.75. The van der Waals surface area contributed by atoms with Gasteiger partial charge in [0.25, 0.3) is 0 Å². The molecular weight excluding hydrogens is 199 g/mol. The Morgan fingerprint density at radius 1 is 1.67 bits per heavy atom. The van der Waals surface area contributed by atoms with E-state index in [2.05, 4.69) is 15.9 Å². The molecule has 0 unspecified atom stereocenters. The third-order valence-corrected chi connectivity index (χ3v) is 2.30. The molecule has 0 heterocycles. The highest BCUT2D eigenvalue weighted by Crippen LogP contribution is 2.20. The number of hydrogen-bond donors (Lipinski definition) is 0. The van der Waals surface area contributed by atoms with Gasteiger partial charge in [0.05, 0.1) is 0 Å². The molecule has 0 bridgehead atoms. The van der Waals surface area contributed by atoms with Crippen LogP contribution in [0.4, 0.5) is 0 Å². The third kappa shape index (κ3) is 2.15. The molecule has 1 rings (SSSR count). The van der Waals surface area contributed by atoms with Crippen molar-refractivity contribution in [2.45, 2.75) is 12.8 Å². The van der Waals surface area contributed by atoms with E-state index in [1.807, 2.05) is 12.2 Å². The van der Waals surface area contributed by atoms with Gasteiger partial charge in [0.1, 0.15) is 0 Å². The summed E-state index contributed by atoms with van der Waals surface area (Å²) in [6, 6.07) is 0. The molecule has 0 aromatic rings. The Kier molecular flexibility index (Phi) is 2.80. The lowest BCUT2D eigenvalue weighted by Gasteiger charge is -2.05. The van der Waals surface area contributed by atoms with E-state index in [1.165, 1.54) is 5.57 Å². The molecular formula is C7H8BrCl. The summed E-state index contributed by atoms with van der Waals surface area (Å²) in [4.78, 5) is 0. The highest BCUT2D eigenvalue weighted by Gasteiger charge is 2.00. The van der Waals surface area contributed by atoms with E-state index >= 15 is 0 Å². The summed E-state index contributed by atoms with van der Waals surface area (Å²) in [7, 11) is 0. The summed E-state index contributed by atoms with van der Waals surface area (Å²) in [6.45, 7) is 0. The van der Waals surface area contributed by atoms with Gasteiger partial charge in [0.15, 0.2) is 0 Å². The lowest BCUT2D eigenvalue weighted by atomic mass is 10.1. The van der Waals surface area contributed by atoms with Crippen LogP contribution in [0.2, 0.25) is 0 Å². The molecule has 0 saturated heterocycles. The summed E-state index contributed by atoms with van der Waals surface area (Å²) >= 11 is 9.14. The number of allylic oxidation sites excluding steroid dienone is 4. The Bertz CT molecular complexity index is 158. The Hall–Kier alpha value is 0.250. The van der Waals surface area contributed by atoms with Gasteiger partial charge in [0, 0.05) is 10.4 Å². The largest absolute Gasteiger partial charge is 0.0880 e. The summed E-state index contributed by atoms with van der Waals surface area (Å²) in [6.07, 6.45) is 6.32. The van der Waals surface area contributed by atoms with Gasteiger partial charge in [-0.2, -0.15) is 0 Å².